The third-order valence-corrected chi connectivity index (χ3v) is 2.72. The van der Waals surface area contributed by atoms with Gasteiger partial charge in [0.1, 0.15) is 5.75 Å². The van der Waals surface area contributed by atoms with Crippen LogP contribution in [0.25, 0.3) is 0 Å². The number of benzene rings is 1. The van der Waals surface area contributed by atoms with Crippen molar-refractivity contribution in [3.8, 4) is 5.75 Å². The molecule has 0 amide bonds. The number of nitrogens with one attached hydrogen (secondary N) is 1. The summed E-state index contributed by atoms with van der Waals surface area (Å²) in [5.41, 5.74) is 1.04. The zero-order valence-electron chi connectivity index (χ0n) is 9.58. The number of phenolic OH excluding ortho intramolecular Hbond substituents is 1. The zero-order valence-corrected chi connectivity index (χ0v) is 11.9. The van der Waals surface area contributed by atoms with E-state index in [1.165, 1.54) is 12.1 Å². The number of carbonyl (C=O) groups is 1. The van der Waals surface area contributed by atoms with E-state index in [9.17, 15) is 9.90 Å². The Labute approximate surface area is 120 Å². The van der Waals surface area contributed by atoms with Gasteiger partial charge in [-0.15, -0.1) is 0 Å². The number of alkyl halides is 3. The van der Waals surface area contributed by atoms with Crippen molar-refractivity contribution in [1.82, 2.24) is 0 Å². The van der Waals surface area contributed by atoms with Crippen LogP contribution >= 0.6 is 34.8 Å². The van der Waals surface area contributed by atoms with Crippen molar-refractivity contribution in [2.24, 2.45) is 0 Å². The molecule has 0 saturated heterocycles. The van der Waals surface area contributed by atoms with Crippen LogP contribution in [0.2, 0.25) is 0 Å². The molecule has 0 saturated carbocycles. The Morgan fingerprint density at radius 3 is 2.50 bits per heavy atom. The molecule has 1 aromatic carbocycles. The van der Waals surface area contributed by atoms with Crippen LogP contribution in [0.3, 0.4) is 0 Å². The van der Waals surface area contributed by atoms with Gasteiger partial charge >= 0.3 is 0 Å². The molecule has 18 heavy (non-hydrogen) atoms. The lowest BCUT2D eigenvalue weighted by Gasteiger charge is -2.12. The summed E-state index contributed by atoms with van der Waals surface area (Å²) in [6, 6.07) is 6.67. The van der Waals surface area contributed by atoms with Crippen LogP contribution in [-0.4, -0.2) is 14.7 Å². The third kappa shape index (κ3) is 4.41. The van der Waals surface area contributed by atoms with Gasteiger partial charge in [0.15, 0.2) is 0 Å². The van der Waals surface area contributed by atoms with E-state index < -0.39 is 9.58 Å². The number of anilines is 1. The van der Waals surface area contributed by atoms with E-state index >= 15 is 0 Å². The largest absolute Gasteiger partial charge is 0.506 e. The van der Waals surface area contributed by atoms with Gasteiger partial charge in [0.05, 0.1) is 5.69 Å². The van der Waals surface area contributed by atoms with Gasteiger partial charge in [0.25, 0.3) is 3.79 Å². The highest BCUT2D eigenvalue weighted by Crippen LogP contribution is 2.29. The molecule has 0 bridgehead atoms. The maximum atomic E-state index is 11.5. The van der Waals surface area contributed by atoms with Crippen LogP contribution in [0.4, 0.5) is 5.69 Å². The highest BCUT2D eigenvalue weighted by Gasteiger charge is 2.28. The molecule has 0 heterocycles. The second kappa shape index (κ2) is 6.32. The number of allylic oxidation sites excluding steroid dienone is 2. The first-order chi connectivity index (χ1) is 8.34. The number of ketones is 1. The molecule has 1 rings (SSSR count). The number of aromatic hydroxyl groups is 1. The third-order valence-electron chi connectivity index (χ3n) is 2.16. The number of rotatable bonds is 4. The van der Waals surface area contributed by atoms with Crippen molar-refractivity contribution >= 4 is 46.3 Å². The van der Waals surface area contributed by atoms with Gasteiger partial charge in [-0.05, 0) is 18.6 Å². The molecule has 0 fully saturated rings. The fourth-order valence-electron chi connectivity index (χ4n) is 1.22. The van der Waals surface area contributed by atoms with Crippen molar-refractivity contribution in [3.05, 3.63) is 36.0 Å². The first-order valence-corrected chi connectivity index (χ1v) is 6.34. The summed E-state index contributed by atoms with van der Waals surface area (Å²) in [5, 5.41) is 12.5. The first kappa shape index (κ1) is 15.2. The molecule has 0 spiro atoms. The summed E-state index contributed by atoms with van der Waals surface area (Å²) in [4.78, 5) is 11.5. The summed E-state index contributed by atoms with van der Waals surface area (Å²) in [6.07, 6.45) is 1.75. The van der Waals surface area contributed by atoms with Crippen LogP contribution in [0.1, 0.15) is 13.3 Å². The summed E-state index contributed by atoms with van der Waals surface area (Å²) in [6.45, 7) is 1.84. The topological polar surface area (TPSA) is 49.3 Å². The molecule has 1 aromatic rings. The van der Waals surface area contributed by atoms with Crippen molar-refractivity contribution in [3.63, 3.8) is 0 Å². The van der Waals surface area contributed by atoms with Crippen LogP contribution in [0.15, 0.2) is 36.0 Å². The molecular formula is C12H12Cl3NO2. The predicted octanol–water partition coefficient (Wildman–Crippen LogP) is 4.04. The molecule has 6 heteroatoms. The van der Waals surface area contributed by atoms with Gasteiger partial charge in [0, 0.05) is 11.8 Å². The van der Waals surface area contributed by atoms with E-state index in [4.69, 9.17) is 34.8 Å². The summed E-state index contributed by atoms with van der Waals surface area (Å²) in [7, 11) is 0. The molecule has 0 aromatic heterocycles. The normalized spacial score (nSPS) is 12.3. The lowest BCUT2D eigenvalue weighted by Crippen LogP contribution is -2.17. The summed E-state index contributed by atoms with van der Waals surface area (Å²) >= 11 is 16.4. The number of phenols is 1. The van der Waals surface area contributed by atoms with Gasteiger partial charge in [-0.3, -0.25) is 4.79 Å². The van der Waals surface area contributed by atoms with Gasteiger partial charge in [-0.2, -0.15) is 0 Å². The second-order valence-corrected chi connectivity index (χ2v) is 5.81. The molecule has 0 atom stereocenters. The molecule has 2 N–H and O–H groups in total. The van der Waals surface area contributed by atoms with Crippen LogP contribution in [0.5, 0.6) is 5.75 Å². The quantitative estimate of drug-likeness (QED) is 0.501. The van der Waals surface area contributed by atoms with E-state index in [0.29, 0.717) is 17.8 Å². The Hall–Kier alpha value is -0.900. The minimum atomic E-state index is -1.97. The molecule has 98 valence electrons. The monoisotopic (exact) mass is 307 g/mol. The summed E-state index contributed by atoms with van der Waals surface area (Å²) < 4.78 is -1.97. The average Bonchev–Trinajstić information content (AvgIpc) is 2.29. The van der Waals surface area contributed by atoms with Gasteiger partial charge in [0.2, 0.25) is 5.78 Å². The molecular weight excluding hydrogens is 296 g/mol. The van der Waals surface area contributed by atoms with Crippen LogP contribution in [0, 0.1) is 0 Å². The molecule has 0 unspecified atom stereocenters. The highest BCUT2D eigenvalue weighted by atomic mass is 35.6. The van der Waals surface area contributed by atoms with Crippen molar-refractivity contribution in [2.75, 3.05) is 5.32 Å². The highest BCUT2D eigenvalue weighted by molar-refractivity contribution is 6.77. The minimum Gasteiger partial charge on any atom is -0.506 e. The van der Waals surface area contributed by atoms with Crippen molar-refractivity contribution in [1.29, 1.82) is 0 Å². The zero-order chi connectivity index (χ0) is 13.8. The molecule has 0 aliphatic heterocycles. The molecule has 0 aliphatic rings. The fraction of sp³-hybridized carbons (Fsp3) is 0.250. The predicted molar refractivity (Wildman–Crippen MR) is 75.4 cm³/mol. The number of hydrogen-bond acceptors (Lipinski definition) is 3. The van der Waals surface area contributed by atoms with Crippen molar-refractivity contribution in [2.45, 2.75) is 17.1 Å². The smallest absolute Gasteiger partial charge is 0.252 e. The Balaban J connectivity index is 2.90. The number of halogens is 3. The Morgan fingerprint density at radius 1 is 1.39 bits per heavy atom. The van der Waals surface area contributed by atoms with E-state index in [1.54, 1.807) is 18.2 Å². The minimum absolute atomic E-state index is 0.0817. The van der Waals surface area contributed by atoms with Gasteiger partial charge in [-0.1, -0.05) is 53.9 Å². The standard InChI is InChI=1S/C12H12Cl3NO2/c1-2-8(7-11(18)12(13,14)15)16-9-5-3-4-6-10(9)17/h3-7,16-17H,2H2,1H3/b8-7+. The lowest BCUT2D eigenvalue weighted by atomic mass is 10.2. The van der Waals surface area contributed by atoms with Crippen LogP contribution in [-0.2, 0) is 4.79 Å². The molecule has 3 nitrogen and oxygen atoms in total. The van der Waals surface area contributed by atoms with Gasteiger partial charge in [-0.25, -0.2) is 0 Å². The Morgan fingerprint density at radius 2 is 2.00 bits per heavy atom. The second-order valence-electron chi connectivity index (χ2n) is 3.53. The lowest BCUT2D eigenvalue weighted by molar-refractivity contribution is -0.113. The van der Waals surface area contributed by atoms with Crippen molar-refractivity contribution < 1.29 is 9.90 Å². The van der Waals surface area contributed by atoms with E-state index in [2.05, 4.69) is 5.32 Å². The number of hydrogen-bond donors (Lipinski definition) is 2. The van der Waals surface area contributed by atoms with E-state index in [0.717, 1.165) is 0 Å². The maximum Gasteiger partial charge on any atom is 0.252 e. The Bertz CT molecular complexity index is 467. The van der Waals surface area contributed by atoms with Gasteiger partial charge < -0.3 is 10.4 Å². The van der Waals surface area contributed by atoms with E-state index in [-0.39, 0.29) is 5.75 Å². The van der Waals surface area contributed by atoms with Crippen LogP contribution < -0.4 is 5.32 Å². The average molecular weight is 309 g/mol. The Kier molecular flexibility index (Phi) is 5.32. The van der Waals surface area contributed by atoms with E-state index in [1.807, 2.05) is 6.92 Å². The SMILES string of the molecule is CC/C(=C\C(=O)C(Cl)(Cl)Cl)Nc1ccccc1O. The molecule has 0 radical (unpaired) electrons. The fourth-order valence-corrected chi connectivity index (χ4v) is 1.38. The number of carbonyl (C=O) groups excluding carboxylic acids is 1. The molecule has 0 aliphatic carbocycles. The summed E-state index contributed by atoms with van der Waals surface area (Å²) in [5.74, 6) is -0.551. The maximum absolute atomic E-state index is 11.5. The number of para-hydroxylation sites is 2. The first-order valence-electron chi connectivity index (χ1n) is 5.21.